The van der Waals surface area contributed by atoms with Gasteiger partial charge in [-0.15, -0.1) is 0 Å². The molecule has 0 spiro atoms. The van der Waals surface area contributed by atoms with Crippen LogP contribution in [0.25, 0.3) is 0 Å². The van der Waals surface area contributed by atoms with Crippen molar-refractivity contribution in [1.82, 2.24) is 4.98 Å². The van der Waals surface area contributed by atoms with Crippen molar-refractivity contribution in [1.29, 1.82) is 0 Å². The van der Waals surface area contributed by atoms with E-state index < -0.39 is 0 Å². The van der Waals surface area contributed by atoms with Gasteiger partial charge in [0.1, 0.15) is 5.75 Å². The largest absolute Gasteiger partial charge is 0.506 e. The minimum atomic E-state index is 0.362. The molecule has 0 saturated carbocycles. The first-order valence-electron chi connectivity index (χ1n) is 4.23. The summed E-state index contributed by atoms with van der Waals surface area (Å²) < 4.78 is 0. The molecule has 0 saturated heterocycles. The predicted molar refractivity (Wildman–Crippen MR) is 49.5 cm³/mol. The monoisotopic (exact) mass is 165 g/mol. The standard InChI is InChI=1S/C10H15NO/c1-5-9-10(12)7(3)6(2)8(4)11-9/h12H,5H2,1-4H3. The van der Waals surface area contributed by atoms with Crippen LogP contribution in [0.2, 0.25) is 0 Å². The summed E-state index contributed by atoms with van der Waals surface area (Å²) in [6, 6.07) is 0. The van der Waals surface area contributed by atoms with Crippen molar-refractivity contribution < 1.29 is 5.11 Å². The van der Waals surface area contributed by atoms with Gasteiger partial charge >= 0.3 is 0 Å². The summed E-state index contributed by atoms with van der Waals surface area (Å²) in [6.07, 6.45) is 0.786. The lowest BCUT2D eigenvalue weighted by atomic mass is 10.1. The van der Waals surface area contributed by atoms with Crippen molar-refractivity contribution >= 4 is 0 Å². The minimum Gasteiger partial charge on any atom is -0.506 e. The topological polar surface area (TPSA) is 33.1 Å². The molecule has 0 radical (unpaired) electrons. The first-order valence-corrected chi connectivity index (χ1v) is 4.23. The lowest BCUT2D eigenvalue weighted by Crippen LogP contribution is -1.97. The molecule has 0 atom stereocenters. The van der Waals surface area contributed by atoms with Gasteiger partial charge in [-0.1, -0.05) is 6.92 Å². The van der Waals surface area contributed by atoms with Crippen molar-refractivity contribution in [3.05, 3.63) is 22.5 Å². The van der Waals surface area contributed by atoms with Crippen LogP contribution >= 0.6 is 0 Å². The second-order valence-electron chi connectivity index (χ2n) is 3.10. The molecule has 0 unspecified atom stereocenters. The fourth-order valence-corrected chi connectivity index (χ4v) is 1.25. The highest BCUT2D eigenvalue weighted by molar-refractivity contribution is 5.42. The molecule has 0 aliphatic carbocycles. The van der Waals surface area contributed by atoms with Gasteiger partial charge in [0.2, 0.25) is 0 Å². The Hall–Kier alpha value is -1.05. The quantitative estimate of drug-likeness (QED) is 0.692. The lowest BCUT2D eigenvalue weighted by Gasteiger charge is -2.09. The minimum absolute atomic E-state index is 0.362. The highest BCUT2D eigenvalue weighted by Gasteiger charge is 2.08. The fraction of sp³-hybridized carbons (Fsp3) is 0.500. The summed E-state index contributed by atoms with van der Waals surface area (Å²) >= 11 is 0. The second kappa shape index (κ2) is 3.13. The maximum Gasteiger partial charge on any atom is 0.140 e. The average molecular weight is 165 g/mol. The molecule has 0 amide bonds. The van der Waals surface area contributed by atoms with E-state index in [-0.39, 0.29) is 0 Å². The molecular weight excluding hydrogens is 150 g/mol. The van der Waals surface area contributed by atoms with Crippen molar-refractivity contribution in [3.8, 4) is 5.75 Å². The number of nitrogens with zero attached hydrogens (tertiary/aromatic N) is 1. The van der Waals surface area contributed by atoms with Crippen LogP contribution in [0.5, 0.6) is 5.75 Å². The molecule has 1 aromatic heterocycles. The van der Waals surface area contributed by atoms with E-state index in [1.807, 2.05) is 27.7 Å². The van der Waals surface area contributed by atoms with Gasteiger partial charge < -0.3 is 5.11 Å². The van der Waals surface area contributed by atoms with Crippen molar-refractivity contribution in [3.63, 3.8) is 0 Å². The van der Waals surface area contributed by atoms with Gasteiger partial charge in [-0.05, 0) is 38.3 Å². The number of hydrogen-bond donors (Lipinski definition) is 1. The molecular formula is C10H15NO. The smallest absolute Gasteiger partial charge is 0.140 e. The number of rotatable bonds is 1. The van der Waals surface area contributed by atoms with E-state index in [2.05, 4.69) is 4.98 Å². The van der Waals surface area contributed by atoms with Crippen LogP contribution in [0.15, 0.2) is 0 Å². The van der Waals surface area contributed by atoms with Gasteiger partial charge in [-0.25, -0.2) is 0 Å². The summed E-state index contributed by atoms with van der Waals surface area (Å²) in [7, 11) is 0. The third kappa shape index (κ3) is 1.29. The van der Waals surface area contributed by atoms with E-state index in [1.54, 1.807) is 0 Å². The third-order valence-corrected chi connectivity index (χ3v) is 2.37. The Morgan fingerprint density at radius 3 is 2.25 bits per heavy atom. The lowest BCUT2D eigenvalue weighted by molar-refractivity contribution is 0.459. The van der Waals surface area contributed by atoms with E-state index in [1.165, 1.54) is 0 Å². The van der Waals surface area contributed by atoms with Gasteiger partial charge in [-0.3, -0.25) is 4.98 Å². The highest BCUT2D eigenvalue weighted by Crippen LogP contribution is 2.24. The molecule has 2 heteroatoms. The van der Waals surface area contributed by atoms with E-state index in [0.717, 1.165) is 28.9 Å². The van der Waals surface area contributed by atoms with Gasteiger partial charge in [0.15, 0.2) is 0 Å². The molecule has 1 aromatic rings. The summed E-state index contributed by atoms with van der Waals surface area (Å²) in [5.41, 5.74) is 3.86. The highest BCUT2D eigenvalue weighted by atomic mass is 16.3. The zero-order valence-corrected chi connectivity index (χ0v) is 8.10. The SMILES string of the molecule is CCc1nc(C)c(C)c(C)c1O. The molecule has 12 heavy (non-hydrogen) atoms. The number of pyridine rings is 1. The van der Waals surface area contributed by atoms with Crippen molar-refractivity contribution in [2.75, 3.05) is 0 Å². The molecule has 0 fully saturated rings. The molecule has 0 aliphatic rings. The van der Waals surface area contributed by atoms with Crippen molar-refractivity contribution in [2.45, 2.75) is 34.1 Å². The number of aryl methyl sites for hydroxylation is 2. The molecule has 2 nitrogen and oxygen atoms in total. The van der Waals surface area contributed by atoms with Gasteiger partial charge in [-0.2, -0.15) is 0 Å². The normalized spacial score (nSPS) is 10.3. The maximum atomic E-state index is 9.64. The molecule has 1 rings (SSSR count). The van der Waals surface area contributed by atoms with Crippen LogP contribution in [-0.2, 0) is 6.42 Å². The van der Waals surface area contributed by atoms with E-state index in [4.69, 9.17) is 0 Å². The molecule has 0 bridgehead atoms. The first-order chi connectivity index (χ1) is 5.57. The van der Waals surface area contributed by atoms with Gasteiger partial charge in [0, 0.05) is 5.69 Å². The Bertz CT molecular complexity index is 305. The Balaban J connectivity index is 3.39. The van der Waals surface area contributed by atoms with Crippen LogP contribution in [-0.4, -0.2) is 10.1 Å². The van der Waals surface area contributed by atoms with Crippen LogP contribution < -0.4 is 0 Å². The molecule has 0 aliphatic heterocycles. The molecule has 66 valence electrons. The Kier molecular flexibility index (Phi) is 2.36. The molecule has 1 heterocycles. The predicted octanol–water partition coefficient (Wildman–Crippen LogP) is 2.27. The maximum absolute atomic E-state index is 9.64. The summed E-state index contributed by atoms with van der Waals surface area (Å²) in [4.78, 5) is 4.30. The summed E-state index contributed by atoms with van der Waals surface area (Å²) in [5.74, 6) is 0.362. The van der Waals surface area contributed by atoms with Gasteiger partial charge in [0.25, 0.3) is 0 Å². The van der Waals surface area contributed by atoms with E-state index in [0.29, 0.717) is 5.75 Å². The van der Waals surface area contributed by atoms with Crippen LogP contribution in [0.1, 0.15) is 29.4 Å². The average Bonchev–Trinajstić information content (AvgIpc) is 2.08. The number of aromatic hydroxyl groups is 1. The third-order valence-electron chi connectivity index (χ3n) is 2.37. The fourth-order valence-electron chi connectivity index (χ4n) is 1.25. The van der Waals surface area contributed by atoms with Gasteiger partial charge in [0.05, 0.1) is 5.69 Å². The summed E-state index contributed by atoms with van der Waals surface area (Å²) in [6.45, 7) is 7.88. The van der Waals surface area contributed by atoms with Crippen molar-refractivity contribution in [2.24, 2.45) is 0 Å². The van der Waals surface area contributed by atoms with Crippen LogP contribution in [0.4, 0.5) is 0 Å². The molecule has 0 aromatic carbocycles. The Morgan fingerprint density at radius 2 is 1.75 bits per heavy atom. The number of hydrogen-bond acceptors (Lipinski definition) is 2. The Morgan fingerprint density at radius 1 is 1.17 bits per heavy atom. The molecule has 1 N–H and O–H groups in total. The number of aromatic nitrogens is 1. The van der Waals surface area contributed by atoms with E-state index >= 15 is 0 Å². The van der Waals surface area contributed by atoms with Crippen LogP contribution in [0, 0.1) is 20.8 Å². The Labute approximate surface area is 73.3 Å². The second-order valence-corrected chi connectivity index (χ2v) is 3.10. The van der Waals surface area contributed by atoms with Crippen LogP contribution in [0.3, 0.4) is 0 Å². The zero-order valence-electron chi connectivity index (χ0n) is 8.10. The first kappa shape index (κ1) is 9.04. The van der Waals surface area contributed by atoms with E-state index in [9.17, 15) is 5.11 Å². The summed E-state index contributed by atoms with van der Waals surface area (Å²) in [5, 5.41) is 9.64. The zero-order chi connectivity index (χ0) is 9.30.